The second-order valence-electron chi connectivity index (χ2n) is 4.87. The van der Waals surface area contributed by atoms with Crippen molar-refractivity contribution in [2.75, 3.05) is 20.3 Å². The average molecular weight is 228 g/mol. The molecule has 0 spiro atoms. The summed E-state index contributed by atoms with van der Waals surface area (Å²) in [6.07, 6.45) is 2.75. The molecule has 1 atom stereocenters. The molecule has 0 aliphatic carbocycles. The highest BCUT2D eigenvalue weighted by molar-refractivity contribution is 5.82. The second-order valence-corrected chi connectivity index (χ2v) is 4.87. The van der Waals surface area contributed by atoms with E-state index in [1.165, 1.54) is 0 Å². The van der Waals surface area contributed by atoms with Crippen molar-refractivity contribution in [2.45, 2.75) is 45.2 Å². The van der Waals surface area contributed by atoms with Crippen LogP contribution in [0.2, 0.25) is 0 Å². The van der Waals surface area contributed by atoms with E-state index in [2.05, 4.69) is 24.5 Å². The summed E-state index contributed by atoms with van der Waals surface area (Å²) in [5.41, 5.74) is 0. The minimum Gasteiger partial charge on any atom is -0.381 e. The molecule has 0 aromatic carbocycles. The highest BCUT2D eigenvalue weighted by atomic mass is 16.5. The number of carbonyl (C=O) groups excluding carboxylic acids is 1. The van der Waals surface area contributed by atoms with E-state index in [-0.39, 0.29) is 11.9 Å². The Morgan fingerprint density at radius 3 is 2.50 bits per heavy atom. The molecule has 94 valence electrons. The van der Waals surface area contributed by atoms with Crippen molar-refractivity contribution in [1.82, 2.24) is 10.6 Å². The summed E-state index contributed by atoms with van der Waals surface area (Å²) in [5.74, 6) is 0.654. The van der Waals surface area contributed by atoms with E-state index in [1.807, 2.05) is 7.05 Å². The van der Waals surface area contributed by atoms with Crippen LogP contribution in [0.15, 0.2) is 0 Å². The number of nitrogens with one attached hydrogen (secondary N) is 2. The Morgan fingerprint density at radius 1 is 1.38 bits per heavy atom. The van der Waals surface area contributed by atoms with Crippen LogP contribution in [0.3, 0.4) is 0 Å². The quantitative estimate of drug-likeness (QED) is 0.735. The average Bonchev–Trinajstić information content (AvgIpc) is 2.26. The van der Waals surface area contributed by atoms with Gasteiger partial charge in [0.1, 0.15) is 0 Å². The Hall–Kier alpha value is -0.610. The van der Waals surface area contributed by atoms with Crippen molar-refractivity contribution < 1.29 is 9.53 Å². The van der Waals surface area contributed by atoms with Crippen LogP contribution in [-0.4, -0.2) is 38.3 Å². The molecule has 1 saturated heterocycles. The molecule has 1 rings (SSSR count). The molecule has 2 N–H and O–H groups in total. The first-order valence-corrected chi connectivity index (χ1v) is 6.19. The molecule has 4 heteroatoms. The molecule has 1 unspecified atom stereocenters. The molecule has 1 aliphatic rings. The molecule has 0 bridgehead atoms. The van der Waals surface area contributed by atoms with Crippen molar-refractivity contribution in [3.63, 3.8) is 0 Å². The lowest BCUT2D eigenvalue weighted by Crippen LogP contribution is -2.48. The molecule has 1 heterocycles. The van der Waals surface area contributed by atoms with Gasteiger partial charge in [-0.2, -0.15) is 0 Å². The van der Waals surface area contributed by atoms with E-state index in [9.17, 15) is 4.79 Å². The lowest BCUT2D eigenvalue weighted by molar-refractivity contribution is -0.124. The van der Waals surface area contributed by atoms with Crippen LogP contribution >= 0.6 is 0 Å². The van der Waals surface area contributed by atoms with Gasteiger partial charge in [-0.25, -0.2) is 0 Å². The first-order chi connectivity index (χ1) is 7.63. The van der Waals surface area contributed by atoms with Crippen LogP contribution in [0.5, 0.6) is 0 Å². The maximum atomic E-state index is 12.0. The van der Waals surface area contributed by atoms with E-state index in [1.54, 1.807) is 0 Å². The third kappa shape index (κ3) is 4.49. The van der Waals surface area contributed by atoms with Crippen molar-refractivity contribution in [2.24, 2.45) is 5.92 Å². The van der Waals surface area contributed by atoms with Crippen molar-refractivity contribution in [1.29, 1.82) is 0 Å². The van der Waals surface area contributed by atoms with E-state index >= 15 is 0 Å². The smallest absolute Gasteiger partial charge is 0.237 e. The SMILES string of the molecule is CNC(CC(C)C)C(=O)NC1CCOCC1. The zero-order valence-electron chi connectivity index (χ0n) is 10.6. The van der Waals surface area contributed by atoms with E-state index in [0.717, 1.165) is 32.5 Å². The number of hydrogen-bond acceptors (Lipinski definition) is 3. The van der Waals surface area contributed by atoms with Crippen LogP contribution in [0.4, 0.5) is 0 Å². The highest BCUT2D eigenvalue weighted by Gasteiger charge is 2.22. The largest absolute Gasteiger partial charge is 0.381 e. The maximum Gasteiger partial charge on any atom is 0.237 e. The van der Waals surface area contributed by atoms with Gasteiger partial charge in [0.05, 0.1) is 6.04 Å². The van der Waals surface area contributed by atoms with Crippen molar-refractivity contribution >= 4 is 5.91 Å². The Bertz CT molecular complexity index is 213. The summed E-state index contributed by atoms with van der Waals surface area (Å²) in [6, 6.07) is 0.229. The summed E-state index contributed by atoms with van der Waals surface area (Å²) in [5, 5.41) is 6.17. The van der Waals surface area contributed by atoms with Gasteiger partial charge in [0.25, 0.3) is 0 Å². The monoisotopic (exact) mass is 228 g/mol. The topological polar surface area (TPSA) is 50.4 Å². The second kappa shape index (κ2) is 6.86. The fourth-order valence-electron chi connectivity index (χ4n) is 1.97. The number of likely N-dealkylation sites (N-methyl/N-ethyl adjacent to an activating group) is 1. The van der Waals surface area contributed by atoms with Gasteiger partial charge in [0.2, 0.25) is 5.91 Å². The first-order valence-electron chi connectivity index (χ1n) is 6.19. The van der Waals surface area contributed by atoms with Crippen LogP contribution < -0.4 is 10.6 Å². The predicted molar refractivity (Wildman–Crippen MR) is 64.3 cm³/mol. The normalized spacial score (nSPS) is 19.8. The standard InChI is InChI=1S/C12H24N2O2/c1-9(2)8-11(13-3)12(15)14-10-4-6-16-7-5-10/h9-11,13H,4-8H2,1-3H3,(H,14,15). The maximum absolute atomic E-state index is 12.0. The summed E-state index contributed by atoms with van der Waals surface area (Å²) in [6.45, 7) is 5.79. The molecule has 16 heavy (non-hydrogen) atoms. The predicted octanol–water partition coefficient (Wildman–Crippen LogP) is 0.916. The van der Waals surface area contributed by atoms with Crippen LogP contribution in [0.1, 0.15) is 33.1 Å². The van der Waals surface area contributed by atoms with E-state index in [4.69, 9.17) is 4.74 Å². The Balaban J connectivity index is 2.35. The molecule has 0 aromatic rings. The van der Waals surface area contributed by atoms with Crippen molar-refractivity contribution in [3.8, 4) is 0 Å². The van der Waals surface area contributed by atoms with E-state index in [0.29, 0.717) is 12.0 Å². The van der Waals surface area contributed by atoms with Gasteiger partial charge in [-0.05, 0) is 32.2 Å². The molecular formula is C12H24N2O2. The van der Waals surface area contributed by atoms with Crippen molar-refractivity contribution in [3.05, 3.63) is 0 Å². The number of hydrogen-bond donors (Lipinski definition) is 2. The van der Waals surface area contributed by atoms with Crippen LogP contribution in [0.25, 0.3) is 0 Å². The third-order valence-electron chi connectivity index (χ3n) is 2.94. The molecule has 0 radical (unpaired) electrons. The lowest BCUT2D eigenvalue weighted by atomic mass is 10.0. The molecule has 0 aromatic heterocycles. The summed E-state index contributed by atoms with van der Waals surface area (Å²) in [4.78, 5) is 12.0. The van der Waals surface area contributed by atoms with Gasteiger partial charge < -0.3 is 15.4 Å². The van der Waals surface area contributed by atoms with Gasteiger partial charge in [0, 0.05) is 19.3 Å². The minimum absolute atomic E-state index is 0.0668. The van der Waals surface area contributed by atoms with Gasteiger partial charge in [-0.1, -0.05) is 13.8 Å². The fraction of sp³-hybridized carbons (Fsp3) is 0.917. The lowest BCUT2D eigenvalue weighted by Gasteiger charge is -2.26. The van der Waals surface area contributed by atoms with E-state index < -0.39 is 0 Å². The summed E-state index contributed by atoms with van der Waals surface area (Å²) >= 11 is 0. The number of amides is 1. The molecule has 4 nitrogen and oxygen atoms in total. The Kier molecular flexibility index (Phi) is 5.77. The van der Waals surface area contributed by atoms with Gasteiger partial charge in [0.15, 0.2) is 0 Å². The summed E-state index contributed by atoms with van der Waals surface area (Å²) in [7, 11) is 1.84. The molecule has 1 amide bonds. The van der Waals surface area contributed by atoms with Gasteiger partial charge in [-0.3, -0.25) is 4.79 Å². The van der Waals surface area contributed by atoms with Crippen LogP contribution in [-0.2, 0) is 9.53 Å². The zero-order valence-corrected chi connectivity index (χ0v) is 10.6. The Morgan fingerprint density at radius 2 is 2.00 bits per heavy atom. The zero-order chi connectivity index (χ0) is 12.0. The van der Waals surface area contributed by atoms with Gasteiger partial charge in [-0.15, -0.1) is 0 Å². The fourth-order valence-corrected chi connectivity index (χ4v) is 1.97. The third-order valence-corrected chi connectivity index (χ3v) is 2.94. The first kappa shape index (κ1) is 13.5. The van der Waals surface area contributed by atoms with Gasteiger partial charge >= 0.3 is 0 Å². The molecular weight excluding hydrogens is 204 g/mol. The Labute approximate surface area is 98.1 Å². The number of rotatable bonds is 5. The minimum atomic E-state index is -0.0668. The molecule has 1 aliphatic heterocycles. The van der Waals surface area contributed by atoms with Crippen LogP contribution in [0, 0.1) is 5.92 Å². The number of ether oxygens (including phenoxy) is 1. The molecule has 1 fully saturated rings. The number of carbonyl (C=O) groups is 1. The highest BCUT2D eigenvalue weighted by Crippen LogP contribution is 2.09. The molecule has 0 saturated carbocycles. The summed E-state index contributed by atoms with van der Waals surface area (Å²) < 4.78 is 5.27.